The molecule has 2 rings (SSSR count). The highest BCUT2D eigenvalue weighted by atomic mass is 16.5. The second kappa shape index (κ2) is 3.96. The van der Waals surface area contributed by atoms with Crippen molar-refractivity contribution in [2.24, 2.45) is 5.92 Å². The highest BCUT2D eigenvalue weighted by molar-refractivity contribution is 6.12. The molecular formula is C12H12O4. The molecule has 0 fully saturated rings. The number of esters is 1. The molecule has 84 valence electrons. The molecule has 16 heavy (non-hydrogen) atoms. The monoisotopic (exact) mass is 220 g/mol. The van der Waals surface area contributed by atoms with Crippen LogP contribution in [0.5, 0.6) is 5.75 Å². The number of hydrogen-bond acceptors (Lipinski definition) is 4. The van der Waals surface area contributed by atoms with Crippen molar-refractivity contribution in [2.45, 2.75) is 6.42 Å². The first kappa shape index (κ1) is 10.7. The summed E-state index contributed by atoms with van der Waals surface area (Å²) in [5, 5.41) is 0. The minimum absolute atomic E-state index is 0.180. The first-order valence-corrected chi connectivity index (χ1v) is 4.96. The Kier molecular flexibility index (Phi) is 2.64. The Labute approximate surface area is 93.2 Å². The number of carbonyl (C=O) groups excluding carboxylic acids is 2. The van der Waals surface area contributed by atoms with Gasteiger partial charge in [-0.3, -0.25) is 9.59 Å². The van der Waals surface area contributed by atoms with Crippen LogP contribution in [-0.4, -0.2) is 26.0 Å². The topological polar surface area (TPSA) is 52.6 Å². The molecule has 0 amide bonds. The van der Waals surface area contributed by atoms with Crippen molar-refractivity contribution in [3.63, 3.8) is 0 Å². The van der Waals surface area contributed by atoms with E-state index < -0.39 is 11.9 Å². The Bertz CT molecular complexity index is 450. The number of rotatable bonds is 2. The van der Waals surface area contributed by atoms with Gasteiger partial charge in [-0.25, -0.2) is 0 Å². The van der Waals surface area contributed by atoms with E-state index in [1.165, 1.54) is 7.11 Å². The van der Waals surface area contributed by atoms with Gasteiger partial charge in [0.05, 0.1) is 14.2 Å². The Morgan fingerprint density at radius 1 is 1.38 bits per heavy atom. The summed E-state index contributed by atoms with van der Waals surface area (Å²) in [6, 6.07) is 5.27. The lowest BCUT2D eigenvalue weighted by molar-refractivity contribution is -0.143. The summed E-state index contributed by atoms with van der Waals surface area (Å²) in [5.41, 5.74) is 1.44. The zero-order chi connectivity index (χ0) is 11.7. The lowest BCUT2D eigenvalue weighted by Crippen LogP contribution is -2.21. The first-order chi connectivity index (χ1) is 7.67. The third kappa shape index (κ3) is 1.56. The molecule has 0 N–H and O–H groups in total. The minimum Gasteiger partial charge on any atom is -0.497 e. The number of ether oxygens (including phenoxy) is 2. The highest BCUT2D eigenvalue weighted by Gasteiger charge is 2.36. The molecule has 0 aliphatic heterocycles. The average molecular weight is 220 g/mol. The van der Waals surface area contributed by atoms with Crippen LogP contribution in [0.25, 0.3) is 0 Å². The molecule has 0 saturated heterocycles. The van der Waals surface area contributed by atoms with Crippen molar-refractivity contribution in [3.05, 3.63) is 29.3 Å². The molecule has 4 nitrogen and oxygen atoms in total. The van der Waals surface area contributed by atoms with E-state index in [4.69, 9.17) is 4.74 Å². The van der Waals surface area contributed by atoms with Crippen molar-refractivity contribution in [1.29, 1.82) is 0 Å². The Morgan fingerprint density at radius 3 is 2.75 bits per heavy atom. The second-order valence-corrected chi connectivity index (χ2v) is 3.67. The molecule has 0 heterocycles. The number of hydrogen-bond donors (Lipinski definition) is 0. The van der Waals surface area contributed by atoms with Crippen molar-refractivity contribution in [2.75, 3.05) is 14.2 Å². The van der Waals surface area contributed by atoms with Gasteiger partial charge >= 0.3 is 5.97 Å². The number of methoxy groups -OCH3 is 2. The maximum absolute atomic E-state index is 11.9. The molecule has 4 heteroatoms. The SMILES string of the molecule is COC(=O)[C@H]1Cc2ccc(OC)cc2C1=O. The number of ketones is 1. The van der Waals surface area contributed by atoms with E-state index in [1.54, 1.807) is 19.2 Å². The van der Waals surface area contributed by atoms with E-state index in [-0.39, 0.29) is 5.78 Å². The maximum Gasteiger partial charge on any atom is 0.316 e. The van der Waals surface area contributed by atoms with E-state index in [1.807, 2.05) is 6.07 Å². The Balaban J connectivity index is 2.35. The van der Waals surface area contributed by atoms with Crippen LogP contribution in [0.3, 0.4) is 0 Å². The molecule has 0 bridgehead atoms. The molecule has 0 spiro atoms. The Morgan fingerprint density at radius 2 is 2.12 bits per heavy atom. The van der Waals surface area contributed by atoms with Crippen molar-refractivity contribution >= 4 is 11.8 Å². The average Bonchev–Trinajstić information content (AvgIpc) is 2.65. The Hall–Kier alpha value is -1.84. The third-order valence-electron chi connectivity index (χ3n) is 2.81. The quantitative estimate of drug-likeness (QED) is 0.555. The van der Waals surface area contributed by atoms with E-state index in [2.05, 4.69) is 4.74 Å². The fourth-order valence-electron chi connectivity index (χ4n) is 1.92. The molecule has 0 aromatic heterocycles. The lowest BCUT2D eigenvalue weighted by Gasteiger charge is -2.03. The van der Waals surface area contributed by atoms with E-state index >= 15 is 0 Å². The molecular weight excluding hydrogens is 208 g/mol. The normalized spacial score (nSPS) is 18.1. The third-order valence-corrected chi connectivity index (χ3v) is 2.81. The summed E-state index contributed by atoms with van der Waals surface area (Å²) in [6.45, 7) is 0. The summed E-state index contributed by atoms with van der Waals surface area (Å²) < 4.78 is 9.64. The van der Waals surface area contributed by atoms with Crippen LogP contribution >= 0.6 is 0 Å². The summed E-state index contributed by atoms with van der Waals surface area (Å²) >= 11 is 0. The van der Waals surface area contributed by atoms with Gasteiger partial charge in [-0.15, -0.1) is 0 Å². The molecule has 1 aromatic rings. The fourth-order valence-corrected chi connectivity index (χ4v) is 1.92. The van der Waals surface area contributed by atoms with Crippen molar-refractivity contribution in [3.8, 4) is 5.75 Å². The summed E-state index contributed by atoms with van der Waals surface area (Å²) in [5.74, 6) is -0.717. The van der Waals surface area contributed by atoms with Gasteiger partial charge in [-0.1, -0.05) is 6.07 Å². The van der Waals surface area contributed by atoms with Crippen LogP contribution in [0.2, 0.25) is 0 Å². The molecule has 1 atom stereocenters. The van der Waals surface area contributed by atoms with Gasteiger partial charge in [0.25, 0.3) is 0 Å². The van der Waals surface area contributed by atoms with Gasteiger partial charge < -0.3 is 9.47 Å². The number of fused-ring (bicyclic) bond motifs is 1. The van der Waals surface area contributed by atoms with E-state index in [0.29, 0.717) is 17.7 Å². The molecule has 1 aliphatic carbocycles. The zero-order valence-electron chi connectivity index (χ0n) is 9.15. The van der Waals surface area contributed by atoms with Gasteiger partial charge in [0.2, 0.25) is 0 Å². The predicted molar refractivity (Wildman–Crippen MR) is 56.5 cm³/mol. The number of benzene rings is 1. The van der Waals surface area contributed by atoms with Crippen LogP contribution in [0.1, 0.15) is 15.9 Å². The summed E-state index contributed by atoms with van der Waals surface area (Å²) in [6.07, 6.45) is 0.421. The molecule has 0 radical (unpaired) electrons. The standard InChI is InChI=1S/C12H12O4/c1-15-8-4-3-7-5-10(12(14)16-2)11(13)9(7)6-8/h3-4,6,10H,5H2,1-2H3/t10-/m0/s1. The summed E-state index contributed by atoms with van der Waals surface area (Å²) in [4.78, 5) is 23.3. The van der Waals surface area contributed by atoms with Crippen LogP contribution in [0, 0.1) is 5.92 Å². The van der Waals surface area contributed by atoms with Gasteiger partial charge in [-0.05, 0) is 24.1 Å². The maximum atomic E-state index is 11.9. The van der Waals surface area contributed by atoms with E-state index in [0.717, 1.165) is 5.56 Å². The lowest BCUT2D eigenvalue weighted by atomic mass is 10.1. The van der Waals surface area contributed by atoms with Crippen LogP contribution in [0.15, 0.2) is 18.2 Å². The van der Waals surface area contributed by atoms with Crippen LogP contribution in [0.4, 0.5) is 0 Å². The molecule has 1 aromatic carbocycles. The minimum atomic E-state index is -0.688. The van der Waals surface area contributed by atoms with Crippen molar-refractivity contribution in [1.82, 2.24) is 0 Å². The molecule has 0 unspecified atom stereocenters. The van der Waals surface area contributed by atoms with Gasteiger partial charge in [0.1, 0.15) is 11.7 Å². The van der Waals surface area contributed by atoms with Gasteiger partial charge in [0, 0.05) is 5.56 Å². The number of Topliss-reactive ketones (excluding diaryl/α,β-unsaturated/α-hetero) is 1. The highest BCUT2D eigenvalue weighted by Crippen LogP contribution is 2.30. The largest absolute Gasteiger partial charge is 0.497 e. The van der Waals surface area contributed by atoms with Crippen LogP contribution in [-0.2, 0) is 16.0 Å². The summed E-state index contributed by atoms with van der Waals surface area (Å²) in [7, 11) is 2.83. The van der Waals surface area contributed by atoms with Crippen molar-refractivity contribution < 1.29 is 19.1 Å². The van der Waals surface area contributed by atoms with E-state index in [9.17, 15) is 9.59 Å². The fraction of sp³-hybridized carbons (Fsp3) is 0.333. The molecule has 1 aliphatic rings. The molecule has 0 saturated carbocycles. The predicted octanol–water partition coefficient (Wildman–Crippen LogP) is 1.22. The van der Waals surface area contributed by atoms with Gasteiger partial charge in [-0.2, -0.15) is 0 Å². The van der Waals surface area contributed by atoms with Gasteiger partial charge in [0.15, 0.2) is 5.78 Å². The zero-order valence-corrected chi connectivity index (χ0v) is 9.15. The smallest absolute Gasteiger partial charge is 0.316 e. The van der Waals surface area contributed by atoms with Crippen LogP contribution < -0.4 is 4.74 Å². The second-order valence-electron chi connectivity index (χ2n) is 3.67. The number of carbonyl (C=O) groups is 2. The first-order valence-electron chi connectivity index (χ1n) is 4.96.